The quantitative estimate of drug-likeness (QED) is 0.520. The smallest absolute Gasteiger partial charge is 0.232 e. The van der Waals surface area contributed by atoms with Crippen LogP contribution >= 0.6 is 21.6 Å². The van der Waals surface area contributed by atoms with E-state index in [2.05, 4.69) is 0 Å². The molecule has 0 atom stereocenters. The zero-order valence-corrected chi connectivity index (χ0v) is 16.3. The van der Waals surface area contributed by atoms with Gasteiger partial charge in [0.15, 0.2) is 0 Å². The van der Waals surface area contributed by atoms with Gasteiger partial charge in [0.1, 0.15) is 4.71 Å². The van der Waals surface area contributed by atoms with Crippen molar-refractivity contribution in [2.75, 3.05) is 14.1 Å². The van der Waals surface area contributed by atoms with Crippen LogP contribution in [0.2, 0.25) is 0 Å². The number of hydrogen-bond acceptors (Lipinski definition) is 7. The van der Waals surface area contributed by atoms with Gasteiger partial charge in [-0.2, -0.15) is 0 Å². The lowest BCUT2D eigenvalue weighted by Gasteiger charge is -2.22. The molecule has 0 N–H and O–H groups in total. The summed E-state index contributed by atoms with van der Waals surface area (Å²) in [6.45, 7) is 0. The Bertz CT molecular complexity index is 795. The fourth-order valence-electron chi connectivity index (χ4n) is 1.69. The zero-order chi connectivity index (χ0) is 17.8. The fraction of sp³-hybridized carbons (Fsp3) is 0.200. The van der Waals surface area contributed by atoms with E-state index in [1.165, 1.54) is 24.3 Å². The largest absolute Gasteiger partial charge is 0.288 e. The Hall–Kier alpha value is -1.00. The summed E-state index contributed by atoms with van der Waals surface area (Å²) in [5.74, 6) is 0. The van der Waals surface area contributed by atoms with E-state index in [0.29, 0.717) is 21.6 Å². The fourth-order valence-corrected chi connectivity index (χ4v) is 10.5. The van der Waals surface area contributed by atoms with Gasteiger partial charge >= 0.3 is 0 Å². The Morgan fingerprint density at radius 3 is 1.33 bits per heavy atom. The molecule has 0 aromatic heterocycles. The molecule has 0 unspecified atom stereocenters. The average molecular weight is 404 g/mol. The molecule has 130 valence electrons. The van der Waals surface area contributed by atoms with Gasteiger partial charge in [-0.05, 0) is 38.4 Å². The summed E-state index contributed by atoms with van der Waals surface area (Å²) in [5.41, 5.74) is 0. The standard InChI is InChI=1S/C15H17NO4S4/c1-16(2)15(21-23(17,18)13-9-5-3-6-10-13)22-24(19,20)14-11-7-4-8-12-14/h3-12,15H,1-2H3. The first-order valence-corrected chi connectivity index (χ1v) is 12.6. The Morgan fingerprint density at radius 2 is 1.04 bits per heavy atom. The van der Waals surface area contributed by atoms with Crippen LogP contribution in [0.25, 0.3) is 0 Å². The molecule has 2 aromatic carbocycles. The summed E-state index contributed by atoms with van der Waals surface area (Å²) in [4.78, 5) is 1.87. The van der Waals surface area contributed by atoms with Crippen molar-refractivity contribution in [2.24, 2.45) is 0 Å². The average Bonchev–Trinajstić information content (AvgIpc) is 2.55. The minimum absolute atomic E-state index is 0.152. The van der Waals surface area contributed by atoms with E-state index in [1.54, 1.807) is 55.4 Å². The van der Waals surface area contributed by atoms with Gasteiger partial charge in [0.05, 0.1) is 9.79 Å². The van der Waals surface area contributed by atoms with Crippen molar-refractivity contribution in [1.29, 1.82) is 0 Å². The predicted molar refractivity (Wildman–Crippen MR) is 99.9 cm³/mol. The first-order valence-electron chi connectivity index (χ1n) is 6.85. The van der Waals surface area contributed by atoms with Crippen molar-refractivity contribution in [3.8, 4) is 0 Å². The highest BCUT2D eigenvalue weighted by Gasteiger charge is 2.30. The summed E-state index contributed by atoms with van der Waals surface area (Å²) >= 11 is 0. The number of hydrogen-bond donors (Lipinski definition) is 0. The first kappa shape index (κ1) is 19.3. The summed E-state index contributed by atoms with van der Waals surface area (Å²) in [6, 6.07) is 15.9. The highest BCUT2D eigenvalue weighted by Crippen LogP contribution is 2.39. The van der Waals surface area contributed by atoms with E-state index < -0.39 is 22.4 Å². The van der Waals surface area contributed by atoms with Crippen LogP contribution in [0.1, 0.15) is 0 Å². The third-order valence-electron chi connectivity index (χ3n) is 2.90. The predicted octanol–water partition coefficient (Wildman–Crippen LogP) is 3.08. The topological polar surface area (TPSA) is 71.5 Å². The number of nitrogens with zero attached hydrogens (tertiary/aromatic N) is 1. The molecule has 0 fully saturated rings. The molecule has 0 heterocycles. The van der Waals surface area contributed by atoms with Gasteiger partial charge in [-0.25, -0.2) is 16.8 Å². The second-order valence-electron chi connectivity index (χ2n) is 5.00. The molecule has 9 heteroatoms. The van der Waals surface area contributed by atoms with Crippen molar-refractivity contribution < 1.29 is 16.8 Å². The van der Waals surface area contributed by atoms with Crippen LogP contribution in [-0.4, -0.2) is 40.5 Å². The van der Waals surface area contributed by atoms with Crippen LogP contribution in [0.5, 0.6) is 0 Å². The monoisotopic (exact) mass is 403 g/mol. The van der Waals surface area contributed by atoms with E-state index in [9.17, 15) is 16.8 Å². The van der Waals surface area contributed by atoms with Gasteiger partial charge in [-0.3, -0.25) is 4.90 Å². The Balaban J connectivity index is 2.25. The van der Waals surface area contributed by atoms with Crippen LogP contribution in [0.4, 0.5) is 0 Å². The highest BCUT2D eigenvalue weighted by molar-refractivity contribution is 8.81. The summed E-state index contributed by atoms with van der Waals surface area (Å²) in [6.07, 6.45) is 0. The number of benzene rings is 2. The minimum Gasteiger partial charge on any atom is -0.288 e. The highest BCUT2D eigenvalue weighted by atomic mass is 33.2. The Labute approximate surface area is 150 Å². The molecule has 0 saturated heterocycles. The minimum atomic E-state index is -3.67. The van der Waals surface area contributed by atoms with Gasteiger partial charge in [-0.15, -0.1) is 0 Å². The lowest BCUT2D eigenvalue weighted by molar-refractivity contribution is 0.461. The van der Waals surface area contributed by atoms with E-state index in [-0.39, 0.29) is 9.79 Å². The maximum absolute atomic E-state index is 12.5. The Kier molecular flexibility index (Phi) is 6.38. The molecule has 0 bridgehead atoms. The van der Waals surface area contributed by atoms with Crippen LogP contribution in [-0.2, 0) is 17.7 Å². The molecule has 0 amide bonds. The third-order valence-corrected chi connectivity index (χ3v) is 11.4. The SMILES string of the molecule is CN(C)C(SS(=O)(=O)c1ccccc1)SS(=O)(=O)c1ccccc1. The van der Waals surface area contributed by atoms with Crippen molar-refractivity contribution in [3.63, 3.8) is 0 Å². The molecule has 0 radical (unpaired) electrons. The van der Waals surface area contributed by atoms with Gasteiger partial charge in [0.2, 0.25) is 17.7 Å². The van der Waals surface area contributed by atoms with Gasteiger partial charge in [-0.1, -0.05) is 36.4 Å². The summed E-state index contributed by atoms with van der Waals surface area (Å²) in [7, 11) is -2.83. The normalized spacial score (nSPS) is 12.7. The van der Waals surface area contributed by atoms with Gasteiger partial charge in [0, 0.05) is 21.6 Å². The van der Waals surface area contributed by atoms with Crippen LogP contribution in [0, 0.1) is 0 Å². The van der Waals surface area contributed by atoms with E-state index in [4.69, 9.17) is 0 Å². The Morgan fingerprint density at radius 1 is 0.708 bits per heavy atom. The maximum Gasteiger partial charge on any atom is 0.232 e. The van der Waals surface area contributed by atoms with E-state index in [1.807, 2.05) is 0 Å². The second kappa shape index (κ2) is 7.92. The lowest BCUT2D eigenvalue weighted by Crippen LogP contribution is -2.24. The summed E-state index contributed by atoms with van der Waals surface area (Å²) < 4.78 is 49.2. The molecular weight excluding hydrogens is 386 g/mol. The molecule has 0 aliphatic carbocycles. The third kappa shape index (κ3) is 5.00. The molecule has 0 aliphatic heterocycles. The van der Waals surface area contributed by atoms with E-state index in [0.717, 1.165) is 0 Å². The first-order chi connectivity index (χ1) is 11.2. The van der Waals surface area contributed by atoms with E-state index >= 15 is 0 Å². The zero-order valence-electron chi connectivity index (χ0n) is 13.1. The number of rotatable bonds is 7. The van der Waals surface area contributed by atoms with Crippen molar-refractivity contribution in [3.05, 3.63) is 60.7 Å². The molecule has 0 spiro atoms. The summed E-state index contributed by atoms with van der Waals surface area (Å²) in [5, 5.41) is 0. The molecule has 2 rings (SSSR count). The second-order valence-corrected chi connectivity index (χ2v) is 13.1. The van der Waals surface area contributed by atoms with Gasteiger partial charge < -0.3 is 0 Å². The maximum atomic E-state index is 12.5. The molecule has 2 aromatic rings. The molecule has 24 heavy (non-hydrogen) atoms. The lowest BCUT2D eigenvalue weighted by atomic mass is 10.4. The van der Waals surface area contributed by atoms with Gasteiger partial charge in [0.25, 0.3) is 0 Å². The van der Waals surface area contributed by atoms with Crippen molar-refractivity contribution >= 4 is 39.3 Å². The molecule has 5 nitrogen and oxygen atoms in total. The molecule has 0 saturated carbocycles. The molecular formula is C15H17NO4S4. The van der Waals surface area contributed by atoms with Crippen LogP contribution in [0.3, 0.4) is 0 Å². The molecule has 0 aliphatic rings. The van der Waals surface area contributed by atoms with Crippen molar-refractivity contribution in [2.45, 2.75) is 14.5 Å². The van der Waals surface area contributed by atoms with Crippen LogP contribution < -0.4 is 0 Å². The van der Waals surface area contributed by atoms with Crippen molar-refractivity contribution in [1.82, 2.24) is 4.90 Å². The van der Waals surface area contributed by atoms with Crippen LogP contribution in [0.15, 0.2) is 70.5 Å².